The fourth-order valence-electron chi connectivity index (χ4n) is 3.44. The van der Waals surface area contributed by atoms with Crippen LogP contribution in [0.25, 0.3) is 11.4 Å². The summed E-state index contributed by atoms with van der Waals surface area (Å²) >= 11 is 0. The monoisotopic (exact) mass is 438 g/mol. The molecule has 12 nitrogen and oxygen atoms in total. The van der Waals surface area contributed by atoms with Crippen LogP contribution < -0.4 is 20.3 Å². The van der Waals surface area contributed by atoms with Gasteiger partial charge in [-0.3, -0.25) is 19.2 Å². The first-order valence-corrected chi connectivity index (χ1v) is 9.79. The average molecular weight is 438 g/mol. The van der Waals surface area contributed by atoms with E-state index in [1.165, 1.54) is 19.1 Å². The van der Waals surface area contributed by atoms with Crippen molar-refractivity contribution in [2.45, 2.75) is 12.5 Å². The lowest BCUT2D eigenvalue weighted by molar-refractivity contribution is -0.117. The van der Waals surface area contributed by atoms with Crippen LogP contribution in [0.1, 0.15) is 16.9 Å². The molecular formula is C20H22N8O4. The number of β-amino-alcohol motifs (C(OH)–C–C–N with tert-alkyl or cyclic N) is 1. The van der Waals surface area contributed by atoms with Crippen molar-refractivity contribution in [1.29, 1.82) is 0 Å². The van der Waals surface area contributed by atoms with Gasteiger partial charge in [0.2, 0.25) is 5.91 Å². The molecule has 1 fully saturated rings. The standard InChI is InChI=1S/C20H22N8O4/c1-21-20(31)17-14(8-15(24-25-17)28-9-11(29)7-16(28)30)23-13-6-4-5-12(18(13)32-3)19-22-10-27(2)26-19/h4-6,8,10-11,29H,7,9H2,1-3H3,(H,21,31)(H,23,24)/t11-/m1/s1. The molecule has 4 rings (SSSR count). The average Bonchev–Trinajstić information content (AvgIpc) is 3.37. The van der Waals surface area contributed by atoms with Gasteiger partial charge in [-0.25, -0.2) is 4.98 Å². The molecule has 1 aliphatic heterocycles. The molecule has 1 aromatic carbocycles. The summed E-state index contributed by atoms with van der Waals surface area (Å²) in [6.45, 7) is 0.108. The van der Waals surface area contributed by atoms with Crippen molar-refractivity contribution in [3.63, 3.8) is 0 Å². The van der Waals surface area contributed by atoms with Gasteiger partial charge in [0.1, 0.15) is 6.33 Å². The third kappa shape index (κ3) is 3.95. The predicted octanol–water partition coefficient (Wildman–Crippen LogP) is 0.481. The first-order valence-electron chi connectivity index (χ1n) is 9.79. The van der Waals surface area contributed by atoms with Crippen molar-refractivity contribution in [2.75, 3.05) is 30.9 Å². The van der Waals surface area contributed by atoms with Gasteiger partial charge in [0, 0.05) is 20.2 Å². The Hall–Kier alpha value is -4.06. The molecule has 3 aromatic rings. The van der Waals surface area contributed by atoms with Crippen LogP contribution in [0, 0.1) is 0 Å². The fraction of sp³-hybridized carbons (Fsp3) is 0.300. The van der Waals surface area contributed by atoms with Crippen molar-refractivity contribution in [3.05, 3.63) is 36.3 Å². The molecule has 3 heterocycles. The summed E-state index contributed by atoms with van der Waals surface area (Å²) in [5.74, 6) is 0.438. The number of hydrogen-bond acceptors (Lipinski definition) is 9. The van der Waals surface area contributed by atoms with E-state index in [0.717, 1.165) is 0 Å². The number of carbonyl (C=O) groups is 2. The molecule has 32 heavy (non-hydrogen) atoms. The maximum Gasteiger partial charge on any atom is 0.273 e. The highest BCUT2D eigenvalue weighted by Gasteiger charge is 2.31. The molecule has 166 valence electrons. The number of ether oxygens (including phenoxy) is 1. The number of rotatable bonds is 6. The highest BCUT2D eigenvalue weighted by atomic mass is 16.5. The highest BCUT2D eigenvalue weighted by Crippen LogP contribution is 2.37. The zero-order valence-electron chi connectivity index (χ0n) is 17.7. The van der Waals surface area contributed by atoms with E-state index in [4.69, 9.17) is 4.74 Å². The number of aliphatic hydroxyl groups excluding tert-OH is 1. The smallest absolute Gasteiger partial charge is 0.273 e. The van der Waals surface area contributed by atoms with Gasteiger partial charge < -0.3 is 20.5 Å². The lowest BCUT2D eigenvalue weighted by Crippen LogP contribution is -2.28. The van der Waals surface area contributed by atoms with E-state index in [1.54, 1.807) is 36.3 Å². The molecule has 2 aromatic heterocycles. The quantitative estimate of drug-likeness (QED) is 0.500. The molecule has 1 atom stereocenters. The molecule has 12 heteroatoms. The topological polar surface area (TPSA) is 147 Å². The molecular weight excluding hydrogens is 416 g/mol. The number of amides is 2. The lowest BCUT2D eigenvalue weighted by atomic mass is 10.1. The third-order valence-corrected chi connectivity index (χ3v) is 4.93. The van der Waals surface area contributed by atoms with Crippen LogP contribution in [-0.2, 0) is 11.8 Å². The second kappa shape index (κ2) is 8.59. The van der Waals surface area contributed by atoms with Gasteiger partial charge >= 0.3 is 0 Å². The van der Waals surface area contributed by atoms with Crippen LogP contribution in [0.4, 0.5) is 17.2 Å². The van der Waals surface area contributed by atoms with Crippen molar-refractivity contribution in [3.8, 4) is 17.1 Å². The molecule has 1 aliphatic rings. The summed E-state index contributed by atoms with van der Waals surface area (Å²) in [7, 11) is 4.77. The Labute approximate surface area is 183 Å². The Morgan fingerprint density at radius 3 is 2.72 bits per heavy atom. The molecule has 2 amide bonds. The number of aromatic nitrogens is 5. The number of aliphatic hydroxyl groups is 1. The SMILES string of the molecule is CNC(=O)c1nnc(N2C[C@H](O)CC2=O)cc1Nc1cccc(-c2ncn(C)n2)c1OC. The number of anilines is 3. The van der Waals surface area contributed by atoms with E-state index in [1.807, 2.05) is 6.07 Å². The van der Waals surface area contributed by atoms with Gasteiger partial charge in [0.25, 0.3) is 5.91 Å². The molecule has 0 spiro atoms. The minimum absolute atomic E-state index is 0.00852. The lowest BCUT2D eigenvalue weighted by Gasteiger charge is -2.18. The Balaban J connectivity index is 1.77. The summed E-state index contributed by atoms with van der Waals surface area (Å²) in [4.78, 5) is 30.2. The largest absolute Gasteiger partial charge is 0.494 e. The Morgan fingerprint density at radius 2 is 2.09 bits per heavy atom. The summed E-state index contributed by atoms with van der Waals surface area (Å²) in [5.41, 5.74) is 1.54. The van der Waals surface area contributed by atoms with E-state index in [-0.39, 0.29) is 30.4 Å². The number of para-hydroxylation sites is 1. The van der Waals surface area contributed by atoms with E-state index < -0.39 is 12.0 Å². The van der Waals surface area contributed by atoms with E-state index in [0.29, 0.717) is 28.5 Å². The third-order valence-electron chi connectivity index (χ3n) is 4.93. The number of nitrogens with one attached hydrogen (secondary N) is 2. The van der Waals surface area contributed by atoms with Crippen LogP contribution in [-0.4, -0.2) is 68.7 Å². The van der Waals surface area contributed by atoms with Crippen LogP contribution >= 0.6 is 0 Å². The van der Waals surface area contributed by atoms with Gasteiger partial charge in [0.15, 0.2) is 23.1 Å². The number of methoxy groups -OCH3 is 1. The fourth-order valence-corrected chi connectivity index (χ4v) is 3.44. The number of aryl methyl sites for hydroxylation is 1. The molecule has 3 N–H and O–H groups in total. The molecule has 1 saturated heterocycles. The number of carbonyl (C=O) groups excluding carboxylic acids is 2. The molecule has 0 saturated carbocycles. The van der Waals surface area contributed by atoms with E-state index >= 15 is 0 Å². The Morgan fingerprint density at radius 1 is 1.28 bits per heavy atom. The summed E-state index contributed by atoms with van der Waals surface area (Å²) in [5, 5.41) is 27.9. The summed E-state index contributed by atoms with van der Waals surface area (Å²) in [6, 6.07) is 6.92. The maximum absolute atomic E-state index is 12.4. The highest BCUT2D eigenvalue weighted by molar-refractivity contribution is 6.00. The molecule has 0 radical (unpaired) electrons. The van der Waals surface area contributed by atoms with Crippen LogP contribution in [0.3, 0.4) is 0 Å². The zero-order chi connectivity index (χ0) is 22.8. The van der Waals surface area contributed by atoms with E-state index in [2.05, 4.69) is 30.9 Å². The summed E-state index contributed by atoms with van der Waals surface area (Å²) < 4.78 is 7.20. The van der Waals surface area contributed by atoms with Gasteiger partial charge in [-0.2, -0.15) is 5.10 Å². The maximum atomic E-state index is 12.4. The van der Waals surface area contributed by atoms with Crippen molar-refractivity contribution in [1.82, 2.24) is 30.3 Å². The molecule has 0 bridgehead atoms. The van der Waals surface area contributed by atoms with Crippen LogP contribution in [0.2, 0.25) is 0 Å². The van der Waals surface area contributed by atoms with Gasteiger partial charge in [0.05, 0.1) is 43.1 Å². The second-order valence-corrected chi connectivity index (χ2v) is 7.16. The number of benzene rings is 1. The Bertz CT molecular complexity index is 1180. The van der Waals surface area contributed by atoms with Crippen molar-refractivity contribution < 1.29 is 19.4 Å². The molecule has 0 unspecified atom stereocenters. The Kier molecular flexibility index (Phi) is 5.69. The first-order chi connectivity index (χ1) is 15.4. The minimum atomic E-state index is -0.776. The van der Waals surface area contributed by atoms with Crippen LogP contribution in [0.15, 0.2) is 30.6 Å². The van der Waals surface area contributed by atoms with Gasteiger partial charge in [-0.05, 0) is 12.1 Å². The zero-order valence-corrected chi connectivity index (χ0v) is 17.7. The van der Waals surface area contributed by atoms with Gasteiger partial charge in [-0.1, -0.05) is 6.07 Å². The van der Waals surface area contributed by atoms with Crippen LogP contribution in [0.5, 0.6) is 5.75 Å². The number of nitrogens with zero attached hydrogens (tertiary/aromatic N) is 6. The molecule has 0 aliphatic carbocycles. The normalized spacial score (nSPS) is 15.7. The minimum Gasteiger partial charge on any atom is -0.494 e. The van der Waals surface area contributed by atoms with Crippen molar-refractivity contribution in [2.24, 2.45) is 7.05 Å². The summed E-state index contributed by atoms with van der Waals surface area (Å²) in [6.07, 6.45) is 0.815. The number of hydrogen-bond donors (Lipinski definition) is 3. The van der Waals surface area contributed by atoms with E-state index in [9.17, 15) is 14.7 Å². The van der Waals surface area contributed by atoms with Gasteiger partial charge in [-0.15, -0.1) is 10.2 Å². The van der Waals surface area contributed by atoms with Crippen molar-refractivity contribution >= 4 is 29.0 Å². The second-order valence-electron chi connectivity index (χ2n) is 7.16. The predicted molar refractivity (Wildman–Crippen MR) is 115 cm³/mol. The first kappa shape index (κ1) is 21.2.